The normalized spacial score (nSPS) is 10.6. The third-order valence-corrected chi connectivity index (χ3v) is 3.39. The molecule has 0 saturated heterocycles. The highest BCUT2D eigenvalue weighted by Gasteiger charge is 2.06. The molecule has 0 saturated carbocycles. The quantitative estimate of drug-likeness (QED) is 0.658. The molecule has 0 fully saturated rings. The molecule has 2 aromatic rings. The number of amides is 1. The number of pyridine rings is 1. The number of benzene rings is 1. The van der Waals surface area contributed by atoms with Crippen LogP contribution in [-0.4, -0.2) is 28.5 Å². The fourth-order valence-electron chi connectivity index (χ4n) is 1.87. The van der Waals surface area contributed by atoms with Crippen molar-refractivity contribution < 1.29 is 19.1 Å². The SMILES string of the molecule is O=C(O)/C=C/c1cnc(NCC(=O)NCc2ccc(F)cc2)c(Cl)c1. The van der Waals surface area contributed by atoms with E-state index in [1.54, 1.807) is 12.1 Å². The summed E-state index contributed by atoms with van der Waals surface area (Å²) in [5, 5.41) is 14.3. The number of carboxylic acid groups (broad SMARTS) is 1. The van der Waals surface area contributed by atoms with Crippen LogP contribution >= 0.6 is 11.6 Å². The molecule has 0 aliphatic heterocycles. The first-order valence-corrected chi connectivity index (χ1v) is 7.63. The molecule has 0 atom stereocenters. The zero-order chi connectivity index (χ0) is 18.2. The molecule has 1 aromatic heterocycles. The number of nitrogens with one attached hydrogen (secondary N) is 2. The van der Waals surface area contributed by atoms with E-state index >= 15 is 0 Å². The molecular weight excluding hydrogens is 349 g/mol. The third kappa shape index (κ3) is 6.23. The molecular formula is C17H15ClFN3O3. The average molecular weight is 364 g/mol. The van der Waals surface area contributed by atoms with E-state index in [4.69, 9.17) is 16.7 Å². The Balaban J connectivity index is 1.84. The lowest BCUT2D eigenvalue weighted by atomic mass is 10.2. The smallest absolute Gasteiger partial charge is 0.328 e. The van der Waals surface area contributed by atoms with Gasteiger partial charge >= 0.3 is 5.97 Å². The minimum Gasteiger partial charge on any atom is -0.478 e. The molecule has 1 amide bonds. The van der Waals surface area contributed by atoms with E-state index in [2.05, 4.69) is 15.6 Å². The molecule has 0 aliphatic carbocycles. The first-order chi connectivity index (χ1) is 11.9. The number of carbonyl (C=O) groups is 2. The van der Waals surface area contributed by atoms with Gasteiger partial charge in [0.25, 0.3) is 0 Å². The molecule has 0 unspecified atom stereocenters. The van der Waals surface area contributed by atoms with Gasteiger partial charge in [0.2, 0.25) is 5.91 Å². The number of halogens is 2. The van der Waals surface area contributed by atoms with Crippen LogP contribution in [0.1, 0.15) is 11.1 Å². The van der Waals surface area contributed by atoms with Gasteiger partial charge in [-0.15, -0.1) is 0 Å². The van der Waals surface area contributed by atoms with Crippen LogP contribution < -0.4 is 10.6 Å². The van der Waals surface area contributed by atoms with Crippen LogP contribution in [0.4, 0.5) is 10.2 Å². The zero-order valence-electron chi connectivity index (χ0n) is 13.0. The van der Waals surface area contributed by atoms with Crippen molar-refractivity contribution >= 4 is 35.4 Å². The highest BCUT2D eigenvalue weighted by molar-refractivity contribution is 6.33. The van der Waals surface area contributed by atoms with Crippen LogP contribution in [0.3, 0.4) is 0 Å². The Morgan fingerprint density at radius 2 is 2.00 bits per heavy atom. The number of nitrogens with zero attached hydrogens (tertiary/aromatic N) is 1. The summed E-state index contributed by atoms with van der Waals surface area (Å²) in [6.07, 6.45) is 3.77. The number of hydrogen-bond donors (Lipinski definition) is 3. The molecule has 1 aromatic carbocycles. The Kier molecular flexibility index (Phi) is 6.47. The van der Waals surface area contributed by atoms with Crippen molar-refractivity contribution in [3.05, 3.63) is 64.6 Å². The number of aliphatic carboxylic acids is 1. The van der Waals surface area contributed by atoms with Crippen molar-refractivity contribution in [3.63, 3.8) is 0 Å². The molecule has 0 aliphatic rings. The van der Waals surface area contributed by atoms with E-state index in [9.17, 15) is 14.0 Å². The van der Waals surface area contributed by atoms with Crippen molar-refractivity contribution in [1.29, 1.82) is 0 Å². The molecule has 0 bridgehead atoms. The van der Waals surface area contributed by atoms with E-state index < -0.39 is 5.97 Å². The second-order valence-electron chi connectivity index (χ2n) is 5.03. The molecule has 2 rings (SSSR count). The van der Waals surface area contributed by atoms with Crippen molar-refractivity contribution in [2.45, 2.75) is 6.54 Å². The van der Waals surface area contributed by atoms with Gasteiger partial charge in [0.15, 0.2) is 0 Å². The molecule has 3 N–H and O–H groups in total. The second kappa shape index (κ2) is 8.79. The van der Waals surface area contributed by atoms with Gasteiger partial charge in [0, 0.05) is 18.8 Å². The van der Waals surface area contributed by atoms with Crippen LogP contribution in [0.2, 0.25) is 5.02 Å². The summed E-state index contributed by atoms with van der Waals surface area (Å²) in [5.41, 5.74) is 1.30. The van der Waals surface area contributed by atoms with Crippen molar-refractivity contribution in [3.8, 4) is 0 Å². The lowest BCUT2D eigenvalue weighted by Crippen LogP contribution is -2.29. The molecule has 8 heteroatoms. The minimum absolute atomic E-state index is 0.0434. The summed E-state index contributed by atoms with van der Waals surface area (Å²) < 4.78 is 12.8. The maximum Gasteiger partial charge on any atom is 0.328 e. The van der Waals surface area contributed by atoms with Gasteiger partial charge in [-0.3, -0.25) is 4.79 Å². The first kappa shape index (κ1) is 18.4. The number of aromatic nitrogens is 1. The fraction of sp³-hybridized carbons (Fsp3) is 0.118. The molecule has 130 valence electrons. The Labute approximate surface area is 148 Å². The molecule has 0 radical (unpaired) electrons. The Hall–Kier alpha value is -2.93. The maximum atomic E-state index is 12.8. The lowest BCUT2D eigenvalue weighted by molar-refractivity contribution is -0.131. The summed E-state index contributed by atoms with van der Waals surface area (Å²) in [6.45, 7) is 0.235. The van der Waals surface area contributed by atoms with Gasteiger partial charge in [-0.2, -0.15) is 0 Å². The Bertz CT molecular complexity index is 794. The first-order valence-electron chi connectivity index (χ1n) is 7.25. The summed E-state index contributed by atoms with van der Waals surface area (Å²) in [7, 11) is 0. The van der Waals surface area contributed by atoms with Gasteiger partial charge in [0.05, 0.1) is 11.6 Å². The minimum atomic E-state index is -1.07. The van der Waals surface area contributed by atoms with Crippen LogP contribution in [-0.2, 0) is 16.1 Å². The van der Waals surface area contributed by atoms with Gasteiger partial charge in [-0.05, 0) is 35.4 Å². The number of carboxylic acids is 1. The Morgan fingerprint density at radius 1 is 1.28 bits per heavy atom. The molecule has 0 spiro atoms. The van der Waals surface area contributed by atoms with Gasteiger partial charge in [-0.25, -0.2) is 14.2 Å². The van der Waals surface area contributed by atoms with E-state index in [1.807, 2.05) is 0 Å². The number of rotatable bonds is 7. The van der Waals surface area contributed by atoms with Crippen LogP contribution in [0.15, 0.2) is 42.6 Å². The third-order valence-electron chi connectivity index (χ3n) is 3.10. The van der Waals surface area contributed by atoms with Crippen LogP contribution in [0.5, 0.6) is 0 Å². The van der Waals surface area contributed by atoms with Crippen LogP contribution in [0, 0.1) is 5.82 Å². The number of carbonyl (C=O) groups excluding carboxylic acids is 1. The van der Waals surface area contributed by atoms with Gasteiger partial charge in [-0.1, -0.05) is 23.7 Å². The van der Waals surface area contributed by atoms with E-state index in [0.717, 1.165) is 11.6 Å². The van der Waals surface area contributed by atoms with Gasteiger partial charge in [0.1, 0.15) is 11.6 Å². The van der Waals surface area contributed by atoms with Crippen molar-refractivity contribution in [1.82, 2.24) is 10.3 Å². The topological polar surface area (TPSA) is 91.3 Å². The van der Waals surface area contributed by atoms with Crippen molar-refractivity contribution in [2.75, 3.05) is 11.9 Å². The standard InChI is InChI=1S/C17H15ClFN3O3/c18-14-7-12(3-6-16(24)25)9-21-17(14)22-10-15(23)20-8-11-1-4-13(19)5-2-11/h1-7,9H,8,10H2,(H,20,23)(H,21,22)(H,24,25)/b6-3+. The molecule has 6 nitrogen and oxygen atoms in total. The number of anilines is 1. The number of hydrogen-bond acceptors (Lipinski definition) is 4. The largest absolute Gasteiger partial charge is 0.478 e. The van der Waals surface area contributed by atoms with E-state index in [-0.39, 0.29) is 29.8 Å². The van der Waals surface area contributed by atoms with E-state index in [0.29, 0.717) is 11.4 Å². The van der Waals surface area contributed by atoms with Crippen molar-refractivity contribution in [2.24, 2.45) is 0 Å². The predicted molar refractivity (Wildman–Crippen MR) is 92.7 cm³/mol. The molecule has 1 heterocycles. The highest BCUT2D eigenvalue weighted by Crippen LogP contribution is 2.20. The average Bonchev–Trinajstić information content (AvgIpc) is 2.58. The second-order valence-corrected chi connectivity index (χ2v) is 5.43. The van der Waals surface area contributed by atoms with E-state index in [1.165, 1.54) is 30.5 Å². The highest BCUT2D eigenvalue weighted by atomic mass is 35.5. The summed E-state index contributed by atoms with van der Waals surface area (Å²) in [4.78, 5) is 26.3. The summed E-state index contributed by atoms with van der Waals surface area (Å²) in [6, 6.07) is 7.36. The molecule has 25 heavy (non-hydrogen) atoms. The fourth-order valence-corrected chi connectivity index (χ4v) is 2.11. The van der Waals surface area contributed by atoms with Crippen LogP contribution in [0.25, 0.3) is 6.08 Å². The monoisotopic (exact) mass is 363 g/mol. The zero-order valence-corrected chi connectivity index (χ0v) is 13.8. The summed E-state index contributed by atoms with van der Waals surface area (Å²) >= 11 is 6.04. The maximum absolute atomic E-state index is 12.8. The summed E-state index contributed by atoms with van der Waals surface area (Å²) in [5.74, 6) is -1.38. The predicted octanol–water partition coefficient (Wildman–Crippen LogP) is 2.70. The van der Waals surface area contributed by atoms with Gasteiger partial charge < -0.3 is 15.7 Å². The Morgan fingerprint density at radius 3 is 2.64 bits per heavy atom. The lowest BCUT2D eigenvalue weighted by Gasteiger charge is -2.09.